The van der Waals surface area contributed by atoms with Gasteiger partial charge in [-0.2, -0.15) is 0 Å². The summed E-state index contributed by atoms with van der Waals surface area (Å²) in [5.41, 5.74) is 3.20. The molecule has 1 N–H and O–H groups in total. The maximum atomic E-state index is 11.7. The number of fused-ring (bicyclic) bond motifs is 1. The minimum absolute atomic E-state index is 0.179. The predicted octanol–water partition coefficient (Wildman–Crippen LogP) is 1.86. The van der Waals surface area contributed by atoms with Gasteiger partial charge in [0.15, 0.2) is 0 Å². The van der Waals surface area contributed by atoms with E-state index in [1.807, 2.05) is 18.2 Å². The third kappa shape index (κ3) is 1.95. The van der Waals surface area contributed by atoms with Gasteiger partial charge in [0.25, 0.3) is 0 Å². The molecule has 1 aromatic rings. The second-order valence-electron chi connectivity index (χ2n) is 4.63. The van der Waals surface area contributed by atoms with Gasteiger partial charge in [-0.05, 0) is 42.0 Å². The molecule has 0 saturated heterocycles. The van der Waals surface area contributed by atoms with Crippen LogP contribution in [0.5, 0.6) is 0 Å². The van der Waals surface area contributed by atoms with E-state index in [-0.39, 0.29) is 5.97 Å². The van der Waals surface area contributed by atoms with Crippen molar-refractivity contribution in [3.05, 3.63) is 34.9 Å². The molecule has 1 heterocycles. The lowest BCUT2D eigenvalue weighted by atomic mass is 10.1. The number of ether oxygens (including phenoxy) is 1. The smallest absolute Gasteiger partial charge is 0.338 e. The van der Waals surface area contributed by atoms with Crippen molar-refractivity contribution in [1.29, 1.82) is 0 Å². The van der Waals surface area contributed by atoms with Crippen molar-refractivity contribution in [2.45, 2.75) is 25.9 Å². The second kappa shape index (κ2) is 3.91. The first-order chi connectivity index (χ1) is 7.83. The number of esters is 1. The van der Waals surface area contributed by atoms with E-state index in [0.29, 0.717) is 18.1 Å². The highest BCUT2D eigenvalue weighted by Gasteiger charge is 2.23. The molecule has 1 fully saturated rings. The SMILES string of the molecule is O=C(OCC1CC1)c1ccc2c(c1)CNC2. The lowest BCUT2D eigenvalue weighted by Gasteiger charge is -2.05. The summed E-state index contributed by atoms with van der Waals surface area (Å²) in [6.07, 6.45) is 2.42. The van der Waals surface area contributed by atoms with Crippen LogP contribution in [0.2, 0.25) is 0 Å². The molecule has 0 radical (unpaired) electrons. The molecule has 0 atom stereocenters. The third-order valence-corrected chi connectivity index (χ3v) is 3.22. The summed E-state index contributed by atoms with van der Waals surface area (Å²) in [4.78, 5) is 11.7. The Hall–Kier alpha value is -1.35. The molecule has 84 valence electrons. The van der Waals surface area contributed by atoms with Crippen molar-refractivity contribution >= 4 is 5.97 Å². The highest BCUT2D eigenvalue weighted by atomic mass is 16.5. The first-order valence-electron chi connectivity index (χ1n) is 5.82. The molecule has 0 spiro atoms. The van der Waals surface area contributed by atoms with Gasteiger partial charge in [-0.3, -0.25) is 0 Å². The van der Waals surface area contributed by atoms with Crippen LogP contribution in [-0.4, -0.2) is 12.6 Å². The van der Waals surface area contributed by atoms with Crippen molar-refractivity contribution in [3.63, 3.8) is 0 Å². The van der Waals surface area contributed by atoms with Crippen molar-refractivity contribution in [2.75, 3.05) is 6.61 Å². The molecular formula is C13H15NO2. The molecule has 0 unspecified atom stereocenters. The fourth-order valence-corrected chi connectivity index (χ4v) is 1.98. The first-order valence-corrected chi connectivity index (χ1v) is 5.82. The fraction of sp³-hybridized carbons (Fsp3) is 0.462. The minimum Gasteiger partial charge on any atom is -0.462 e. The number of rotatable bonds is 3. The first kappa shape index (κ1) is 9.85. The Morgan fingerprint density at radius 1 is 1.31 bits per heavy atom. The Bertz CT molecular complexity index is 424. The average Bonchev–Trinajstić information content (AvgIpc) is 3.01. The number of benzene rings is 1. The van der Waals surface area contributed by atoms with Crippen molar-refractivity contribution in [1.82, 2.24) is 5.32 Å². The Kier molecular flexibility index (Phi) is 2.40. The van der Waals surface area contributed by atoms with E-state index in [2.05, 4.69) is 5.32 Å². The summed E-state index contributed by atoms with van der Waals surface area (Å²) >= 11 is 0. The summed E-state index contributed by atoms with van der Waals surface area (Å²) < 4.78 is 5.25. The number of carbonyl (C=O) groups excluding carboxylic acids is 1. The summed E-state index contributed by atoms with van der Waals surface area (Å²) in [5, 5.41) is 3.26. The molecule has 1 aliphatic carbocycles. The monoisotopic (exact) mass is 217 g/mol. The van der Waals surface area contributed by atoms with Crippen LogP contribution in [0.25, 0.3) is 0 Å². The number of hydrogen-bond donors (Lipinski definition) is 1. The quantitative estimate of drug-likeness (QED) is 0.785. The molecule has 2 aliphatic rings. The van der Waals surface area contributed by atoms with Gasteiger partial charge in [-0.25, -0.2) is 4.79 Å². The maximum Gasteiger partial charge on any atom is 0.338 e. The van der Waals surface area contributed by atoms with Gasteiger partial charge in [0, 0.05) is 13.1 Å². The summed E-state index contributed by atoms with van der Waals surface area (Å²) in [6.45, 7) is 2.36. The second-order valence-corrected chi connectivity index (χ2v) is 4.63. The molecule has 3 heteroatoms. The fourth-order valence-electron chi connectivity index (χ4n) is 1.98. The van der Waals surface area contributed by atoms with Crippen molar-refractivity contribution < 1.29 is 9.53 Å². The van der Waals surface area contributed by atoms with Crippen LogP contribution in [0.1, 0.15) is 34.3 Å². The molecule has 1 aliphatic heterocycles. The summed E-state index contributed by atoms with van der Waals surface area (Å²) in [5.74, 6) is 0.446. The van der Waals surface area contributed by atoms with E-state index in [0.717, 1.165) is 13.1 Å². The van der Waals surface area contributed by atoms with Crippen LogP contribution in [-0.2, 0) is 17.8 Å². The molecule has 0 aromatic heterocycles. The molecule has 0 amide bonds. The molecular weight excluding hydrogens is 202 g/mol. The van der Waals surface area contributed by atoms with Crippen LogP contribution < -0.4 is 5.32 Å². The average molecular weight is 217 g/mol. The highest BCUT2D eigenvalue weighted by Crippen LogP contribution is 2.29. The van der Waals surface area contributed by atoms with E-state index in [1.165, 1.54) is 24.0 Å². The number of nitrogens with one attached hydrogen (secondary N) is 1. The van der Waals surface area contributed by atoms with E-state index in [9.17, 15) is 4.79 Å². The molecule has 16 heavy (non-hydrogen) atoms. The van der Waals surface area contributed by atoms with Crippen molar-refractivity contribution in [2.24, 2.45) is 5.92 Å². The van der Waals surface area contributed by atoms with Gasteiger partial charge in [0.1, 0.15) is 0 Å². The largest absolute Gasteiger partial charge is 0.462 e. The van der Waals surface area contributed by atoms with Gasteiger partial charge in [0.2, 0.25) is 0 Å². The normalized spacial score (nSPS) is 18.2. The van der Waals surface area contributed by atoms with Gasteiger partial charge >= 0.3 is 5.97 Å². The van der Waals surface area contributed by atoms with Gasteiger partial charge in [-0.1, -0.05) is 6.07 Å². The third-order valence-electron chi connectivity index (χ3n) is 3.22. The van der Waals surface area contributed by atoms with Gasteiger partial charge in [-0.15, -0.1) is 0 Å². The number of carbonyl (C=O) groups is 1. The Morgan fingerprint density at radius 2 is 2.12 bits per heavy atom. The van der Waals surface area contributed by atoms with E-state index >= 15 is 0 Å². The standard InChI is InChI=1S/C13H15NO2/c15-13(16-8-9-1-2-9)10-3-4-11-6-14-7-12(11)5-10/h3-5,9,14H,1-2,6-8H2. The van der Waals surface area contributed by atoms with E-state index < -0.39 is 0 Å². The van der Waals surface area contributed by atoms with E-state index in [1.54, 1.807) is 0 Å². The Balaban J connectivity index is 1.70. The van der Waals surface area contributed by atoms with Gasteiger partial charge < -0.3 is 10.1 Å². The van der Waals surface area contributed by atoms with Crippen LogP contribution in [0.4, 0.5) is 0 Å². The molecule has 0 bridgehead atoms. The maximum absolute atomic E-state index is 11.7. The highest BCUT2D eigenvalue weighted by molar-refractivity contribution is 5.89. The molecule has 1 aromatic carbocycles. The lowest BCUT2D eigenvalue weighted by Crippen LogP contribution is -2.08. The summed E-state index contributed by atoms with van der Waals surface area (Å²) in [7, 11) is 0. The zero-order valence-electron chi connectivity index (χ0n) is 9.16. The van der Waals surface area contributed by atoms with Crippen LogP contribution in [0, 0.1) is 5.92 Å². The van der Waals surface area contributed by atoms with Crippen LogP contribution >= 0.6 is 0 Å². The predicted molar refractivity (Wildman–Crippen MR) is 60.0 cm³/mol. The molecule has 3 nitrogen and oxygen atoms in total. The van der Waals surface area contributed by atoms with Crippen LogP contribution in [0.15, 0.2) is 18.2 Å². The zero-order valence-corrected chi connectivity index (χ0v) is 9.16. The molecule has 1 saturated carbocycles. The summed E-state index contributed by atoms with van der Waals surface area (Å²) in [6, 6.07) is 5.83. The number of hydrogen-bond acceptors (Lipinski definition) is 3. The van der Waals surface area contributed by atoms with Crippen LogP contribution in [0.3, 0.4) is 0 Å². The molecule has 3 rings (SSSR count). The Labute approximate surface area is 94.8 Å². The van der Waals surface area contributed by atoms with Crippen molar-refractivity contribution in [3.8, 4) is 0 Å². The zero-order chi connectivity index (χ0) is 11.0. The Morgan fingerprint density at radius 3 is 2.94 bits per heavy atom. The van der Waals surface area contributed by atoms with Gasteiger partial charge in [0.05, 0.1) is 12.2 Å². The minimum atomic E-state index is -0.179. The lowest BCUT2D eigenvalue weighted by molar-refractivity contribution is 0.0486. The topological polar surface area (TPSA) is 38.3 Å². The van der Waals surface area contributed by atoms with E-state index in [4.69, 9.17) is 4.74 Å².